The Hall–Kier alpha value is -1.77. The van der Waals surface area contributed by atoms with Crippen molar-refractivity contribution < 1.29 is 29.9 Å². The molecule has 0 saturated carbocycles. The molecular weight excluding hydrogens is 368 g/mol. The maximum atomic E-state index is 10.3. The molecule has 6 nitrogen and oxygen atoms in total. The second-order valence-electron chi connectivity index (χ2n) is 6.10. The molecule has 2 aromatic rings. The van der Waals surface area contributed by atoms with Gasteiger partial charge in [-0.05, 0) is 48.2 Å². The summed E-state index contributed by atoms with van der Waals surface area (Å²) < 4.78 is 10.3. The van der Waals surface area contributed by atoms with Crippen LogP contribution in [-0.2, 0) is 35.5 Å². The zero-order valence-corrected chi connectivity index (χ0v) is 16.4. The summed E-state index contributed by atoms with van der Waals surface area (Å²) in [5.74, 6) is 0.281. The molecule has 0 saturated heterocycles. The smallest absolute Gasteiger partial charge is 0.126 e. The van der Waals surface area contributed by atoms with Crippen molar-refractivity contribution in [3.8, 4) is 11.5 Å². The number of rotatable bonds is 10. The van der Waals surface area contributed by atoms with E-state index in [0.29, 0.717) is 35.1 Å². The Morgan fingerprint density at radius 2 is 1.07 bits per heavy atom. The van der Waals surface area contributed by atoms with Crippen molar-refractivity contribution in [1.29, 1.82) is 0 Å². The summed E-state index contributed by atoms with van der Waals surface area (Å²) in [4.78, 5) is 1.76. The van der Waals surface area contributed by atoms with Gasteiger partial charge in [-0.3, -0.25) is 0 Å². The lowest BCUT2D eigenvalue weighted by Gasteiger charge is -2.14. The van der Waals surface area contributed by atoms with Gasteiger partial charge in [-0.25, -0.2) is 0 Å². The number of aliphatic hydroxyl groups is 2. The summed E-state index contributed by atoms with van der Waals surface area (Å²) in [6, 6.07) is 7.37. The predicted molar refractivity (Wildman–Crippen MR) is 103 cm³/mol. The molecule has 0 aliphatic heterocycles. The molecule has 0 amide bonds. The number of aromatic hydroxyl groups is 2. The number of ether oxygens (including phenoxy) is 2. The molecule has 2 aromatic carbocycles. The summed E-state index contributed by atoms with van der Waals surface area (Å²) in [7, 11) is 3.13. The molecule has 7 heteroatoms. The van der Waals surface area contributed by atoms with Crippen LogP contribution in [0, 0.1) is 0 Å². The SMILES string of the molecule is COCc1cc(Sc2cc(CCO)c(O)c(CCO)c2)cc(COC)c1O. The van der Waals surface area contributed by atoms with E-state index >= 15 is 0 Å². The van der Waals surface area contributed by atoms with Crippen LogP contribution in [0.3, 0.4) is 0 Å². The summed E-state index contributed by atoms with van der Waals surface area (Å²) in [6.07, 6.45) is 0.663. The number of phenolic OH excluding ortho intramolecular Hbond substituents is 2. The van der Waals surface area contributed by atoms with E-state index in [1.165, 1.54) is 11.8 Å². The molecule has 2 rings (SSSR count). The molecule has 0 aliphatic rings. The zero-order chi connectivity index (χ0) is 19.8. The molecule has 0 spiro atoms. The van der Waals surface area contributed by atoms with Crippen LogP contribution in [0.25, 0.3) is 0 Å². The van der Waals surface area contributed by atoms with E-state index in [4.69, 9.17) is 9.47 Å². The lowest BCUT2D eigenvalue weighted by molar-refractivity contribution is 0.174. The topological polar surface area (TPSA) is 99.4 Å². The molecular formula is C20H26O6S. The average molecular weight is 394 g/mol. The molecule has 0 unspecified atom stereocenters. The third-order valence-electron chi connectivity index (χ3n) is 4.08. The largest absolute Gasteiger partial charge is 0.507 e. The fourth-order valence-electron chi connectivity index (χ4n) is 2.86. The Bertz CT molecular complexity index is 645. The van der Waals surface area contributed by atoms with E-state index < -0.39 is 0 Å². The minimum atomic E-state index is -0.0740. The first-order chi connectivity index (χ1) is 13.0. The number of phenols is 2. The van der Waals surface area contributed by atoms with Crippen LogP contribution in [0.4, 0.5) is 0 Å². The molecule has 0 bridgehead atoms. The number of methoxy groups -OCH3 is 2. The fourth-order valence-corrected chi connectivity index (χ4v) is 3.94. The summed E-state index contributed by atoms with van der Waals surface area (Å²) in [5, 5.41) is 39.1. The predicted octanol–water partition coefficient (Wildman–Crippen LogP) is 2.61. The number of aliphatic hydroxyl groups excluding tert-OH is 2. The molecule has 0 heterocycles. The third-order valence-corrected chi connectivity index (χ3v) is 5.02. The van der Waals surface area contributed by atoms with E-state index in [2.05, 4.69) is 0 Å². The first-order valence-electron chi connectivity index (χ1n) is 8.61. The van der Waals surface area contributed by atoms with Crippen molar-refractivity contribution in [1.82, 2.24) is 0 Å². The fraction of sp³-hybridized carbons (Fsp3) is 0.400. The van der Waals surface area contributed by atoms with Crippen molar-refractivity contribution in [2.45, 2.75) is 35.8 Å². The molecule has 0 aliphatic carbocycles. The van der Waals surface area contributed by atoms with Gasteiger partial charge in [0.05, 0.1) is 13.2 Å². The second kappa shape index (κ2) is 10.5. The standard InChI is InChI=1S/C20H26O6S/c1-25-11-15-9-18(10-16(12-26-2)20(15)24)27-17-7-13(3-5-21)19(23)14(8-17)4-6-22/h7-10,21-24H,3-6,11-12H2,1-2H3. The number of hydrogen-bond acceptors (Lipinski definition) is 7. The van der Waals surface area contributed by atoms with Gasteiger partial charge >= 0.3 is 0 Å². The van der Waals surface area contributed by atoms with Gasteiger partial charge < -0.3 is 29.9 Å². The Morgan fingerprint density at radius 1 is 0.704 bits per heavy atom. The molecule has 0 atom stereocenters. The van der Waals surface area contributed by atoms with Gasteiger partial charge in [0.2, 0.25) is 0 Å². The van der Waals surface area contributed by atoms with Gasteiger partial charge in [0, 0.05) is 48.4 Å². The average Bonchev–Trinajstić information content (AvgIpc) is 2.63. The minimum absolute atomic E-state index is 0.0740. The maximum Gasteiger partial charge on any atom is 0.126 e. The quantitative estimate of drug-likeness (QED) is 0.492. The van der Waals surface area contributed by atoms with Crippen LogP contribution in [0.2, 0.25) is 0 Å². The van der Waals surface area contributed by atoms with Crippen molar-refractivity contribution in [3.63, 3.8) is 0 Å². The highest BCUT2D eigenvalue weighted by Crippen LogP contribution is 2.37. The highest BCUT2D eigenvalue weighted by Gasteiger charge is 2.14. The first-order valence-corrected chi connectivity index (χ1v) is 9.42. The molecule has 0 fully saturated rings. The maximum absolute atomic E-state index is 10.3. The third kappa shape index (κ3) is 5.60. The van der Waals surface area contributed by atoms with Crippen molar-refractivity contribution >= 4 is 11.8 Å². The van der Waals surface area contributed by atoms with Crippen LogP contribution in [0.5, 0.6) is 11.5 Å². The van der Waals surface area contributed by atoms with E-state index in [1.807, 2.05) is 24.3 Å². The van der Waals surface area contributed by atoms with Crippen LogP contribution in [0.1, 0.15) is 22.3 Å². The lowest BCUT2D eigenvalue weighted by Crippen LogP contribution is -1.99. The molecule has 4 N–H and O–H groups in total. The first kappa shape index (κ1) is 21.5. The minimum Gasteiger partial charge on any atom is -0.507 e. The van der Waals surface area contributed by atoms with Crippen LogP contribution < -0.4 is 0 Å². The zero-order valence-electron chi connectivity index (χ0n) is 15.6. The normalized spacial score (nSPS) is 11.1. The van der Waals surface area contributed by atoms with Gasteiger partial charge in [-0.1, -0.05) is 11.8 Å². The Kier molecular flexibility index (Phi) is 8.40. The Labute approximate surface area is 163 Å². The number of benzene rings is 2. The second-order valence-corrected chi connectivity index (χ2v) is 7.24. The van der Waals surface area contributed by atoms with E-state index in [9.17, 15) is 20.4 Å². The van der Waals surface area contributed by atoms with Crippen molar-refractivity contribution in [2.75, 3.05) is 27.4 Å². The summed E-state index contributed by atoms with van der Waals surface area (Å²) >= 11 is 1.47. The van der Waals surface area contributed by atoms with Crippen molar-refractivity contribution in [3.05, 3.63) is 46.5 Å². The van der Waals surface area contributed by atoms with Gasteiger partial charge in [-0.2, -0.15) is 0 Å². The monoisotopic (exact) mass is 394 g/mol. The Balaban J connectivity index is 2.42. The molecule has 0 radical (unpaired) electrons. The Morgan fingerprint density at radius 3 is 1.44 bits per heavy atom. The van der Waals surface area contributed by atoms with E-state index in [0.717, 1.165) is 9.79 Å². The molecule has 148 valence electrons. The van der Waals surface area contributed by atoms with Gasteiger partial charge in [0.1, 0.15) is 11.5 Å². The van der Waals surface area contributed by atoms with E-state index in [1.54, 1.807) is 14.2 Å². The van der Waals surface area contributed by atoms with E-state index in [-0.39, 0.29) is 37.9 Å². The number of hydrogen-bond donors (Lipinski definition) is 4. The van der Waals surface area contributed by atoms with Gasteiger partial charge in [0.15, 0.2) is 0 Å². The van der Waals surface area contributed by atoms with Crippen LogP contribution in [0.15, 0.2) is 34.1 Å². The summed E-state index contributed by atoms with van der Waals surface area (Å²) in [5.41, 5.74) is 2.61. The van der Waals surface area contributed by atoms with Gasteiger partial charge in [-0.15, -0.1) is 0 Å². The van der Waals surface area contributed by atoms with Crippen LogP contribution >= 0.6 is 11.8 Å². The van der Waals surface area contributed by atoms with Crippen LogP contribution in [-0.4, -0.2) is 47.9 Å². The molecule has 27 heavy (non-hydrogen) atoms. The highest BCUT2D eigenvalue weighted by atomic mass is 32.2. The highest BCUT2D eigenvalue weighted by molar-refractivity contribution is 7.99. The van der Waals surface area contributed by atoms with Crippen molar-refractivity contribution in [2.24, 2.45) is 0 Å². The van der Waals surface area contributed by atoms with Gasteiger partial charge in [0.25, 0.3) is 0 Å². The summed E-state index contributed by atoms with van der Waals surface area (Å²) in [6.45, 7) is 0.404. The lowest BCUT2D eigenvalue weighted by atomic mass is 10.0. The molecule has 0 aromatic heterocycles.